The highest BCUT2D eigenvalue weighted by atomic mass is 16.5. The molecule has 3 amide bonds. The SMILES string of the molecule is O=C(NCCC(Oc1ccc(C(=O)Nc2ccc(O)cc2)cc1)c1ccc(C(=O)O)cc1)NC12CC3CC(CC(C3)C1)C2. The third-order valence-electron chi connectivity index (χ3n) is 9.16. The van der Waals surface area contributed by atoms with Crippen LogP contribution >= 0.6 is 0 Å². The van der Waals surface area contributed by atoms with E-state index in [1.807, 2.05) is 0 Å². The van der Waals surface area contributed by atoms with E-state index in [-0.39, 0.29) is 28.8 Å². The summed E-state index contributed by atoms with van der Waals surface area (Å²) in [4.78, 5) is 37.0. The number of anilines is 1. The summed E-state index contributed by atoms with van der Waals surface area (Å²) in [5, 5.41) is 27.9. The molecule has 0 saturated heterocycles. The molecule has 7 rings (SSSR count). The Morgan fingerprint density at radius 2 is 1.40 bits per heavy atom. The van der Waals surface area contributed by atoms with Crippen molar-refractivity contribution in [1.82, 2.24) is 10.6 Å². The summed E-state index contributed by atoms with van der Waals surface area (Å²) < 4.78 is 6.30. The smallest absolute Gasteiger partial charge is 0.335 e. The highest BCUT2D eigenvalue weighted by Crippen LogP contribution is 2.55. The Kier molecular flexibility index (Phi) is 7.97. The predicted molar refractivity (Wildman–Crippen MR) is 161 cm³/mol. The molecule has 3 aromatic rings. The van der Waals surface area contributed by atoms with Crippen molar-refractivity contribution in [2.45, 2.75) is 56.6 Å². The van der Waals surface area contributed by atoms with Crippen molar-refractivity contribution in [3.05, 3.63) is 89.5 Å². The summed E-state index contributed by atoms with van der Waals surface area (Å²) in [5.74, 6) is 1.56. The molecule has 0 radical (unpaired) electrons. The van der Waals surface area contributed by atoms with E-state index in [4.69, 9.17) is 4.74 Å². The van der Waals surface area contributed by atoms with E-state index in [1.54, 1.807) is 48.5 Å². The van der Waals surface area contributed by atoms with Crippen LogP contribution < -0.4 is 20.7 Å². The van der Waals surface area contributed by atoms with Gasteiger partial charge in [0.15, 0.2) is 0 Å². The van der Waals surface area contributed by atoms with Crippen LogP contribution in [0, 0.1) is 17.8 Å². The number of phenolic OH excluding ortho intramolecular Hbond substituents is 1. The maximum atomic E-state index is 13.0. The monoisotopic (exact) mass is 583 g/mol. The number of nitrogens with one attached hydrogen (secondary N) is 3. The number of hydrogen-bond acceptors (Lipinski definition) is 5. The minimum absolute atomic E-state index is 0.0717. The third-order valence-corrected chi connectivity index (χ3v) is 9.16. The van der Waals surface area contributed by atoms with Gasteiger partial charge in [-0.15, -0.1) is 0 Å². The molecule has 0 aliphatic heterocycles. The Balaban J connectivity index is 1.08. The number of carboxylic acids is 1. The molecule has 4 bridgehead atoms. The minimum atomic E-state index is -1.01. The number of urea groups is 1. The van der Waals surface area contributed by atoms with Gasteiger partial charge in [-0.1, -0.05) is 12.1 Å². The highest BCUT2D eigenvalue weighted by molar-refractivity contribution is 6.04. The number of carbonyl (C=O) groups is 3. The average Bonchev–Trinajstić information content (AvgIpc) is 2.97. The molecule has 4 aliphatic carbocycles. The van der Waals surface area contributed by atoms with Crippen LogP contribution in [0.3, 0.4) is 0 Å². The van der Waals surface area contributed by atoms with E-state index in [2.05, 4.69) is 16.0 Å². The van der Waals surface area contributed by atoms with Crippen molar-refractivity contribution in [3.8, 4) is 11.5 Å². The first kappa shape index (κ1) is 28.6. The molecule has 9 nitrogen and oxygen atoms in total. The molecule has 4 aliphatic rings. The lowest BCUT2D eigenvalue weighted by molar-refractivity contribution is -0.0135. The molecule has 3 aromatic carbocycles. The van der Waals surface area contributed by atoms with Crippen LogP contribution in [0.2, 0.25) is 0 Å². The number of amides is 3. The Morgan fingerprint density at radius 1 is 0.814 bits per heavy atom. The average molecular weight is 584 g/mol. The van der Waals surface area contributed by atoms with Crippen molar-refractivity contribution in [3.63, 3.8) is 0 Å². The van der Waals surface area contributed by atoms with Gasteiger partial charge >= 0.3 is 12.0 Å². The first-order valence-corrected chi connectivity index (χ1v) is 15.0. The van der Waals surface area contributed by atoms with E-state index in [0.29, 0.717) is 30.0 Å². The van der Waals surface area contributed by atoms with E-state index in [1.165, 1.54) is 43.5 Å². The summed E-state index contributed by atoms with van der Waals surface area (Å²) in [5.41, 5.74) is 1.89. The second-order valence-electron chi connectivity index (χ2n) is 12.4. The number of rotatable bonds is 10. The van der Waals surface area contributed by atoms with Crippen LogP contribution in [0.1, 0.15) is 77.3 Å². The number of carbonyl (C=O) groups excluding carboxylic acids is 2. The van der Waals surface area contributed by atoms with Gasteiger partial charge in [0.1, 0.15) is 17.6 Å². The summed E-state index contributed by atoms with van der Waals surface area (Å²) in [6.45, 7) is 0.372. The van der Waals surface area contributed by atoms with Crippen LogP contribution in [-0.4, -0.2) is 40.2 Å². The Labute approximate surface area is 250 Å². The highest BCUT2D eigenvalue weighted by Gasteiger charge is 2.51. The van der Waals surface area contributed by atoms with Gasteiger partial charge in [0.05, 0.1) is 5.56 Å². The third kappa shape index (κ3) is 6.77. The molecule has 0 heterocycles. The second kappa shape index (κ2) is 12.0. The van der Waals surface area contributed by atoms with Crippen LogP contribution in [0.5, 0.6) is 11.5 Å². The molecule has 0 spiro atoms. The second-order valence-corrected chi connectivity index (χ2v) is 12.4. The Bertz CT molecular complexity index is 1430. The number of benzene rings is 3. The Hall–Kier alpha value is -4.53. The van der Waals surface area contributed by atoms with Gasteiger partial charge in [0, 0.05) is 29.8 Å². The fourth-order valence-electron chi connectivity index (χ4n) is 7.60. The number of hydrogen-bond donors (Lipinski definition) is 5. The van der Waals surface area contributed by atoms with E-state index < -0.39 is 12.1 Å². The maximum absolute atomic E-state index is 13.0. The molecule has 5 N–H and O–H groups in total. The topological polar surface area (TPSA) is 137 Å². The van der Waals surface area contributed by atoms with Crippen molar-refractivity contribution in [2.75, 3.05) is 11.9 Å². The normalized spacial score (nSPS) is 24.1. The van der Waals surface area contributed by atoms with Gasteiger partial charge in [-0.3, -0.25) is 4.79 Å². The number of phenols is 1. The number of ether oxygens (including phenoxy) is 1. The fourth-order valence-corrected chi connectivity index (χ4v) is 7.60. The van der Waals surface area contributed by atoms with Gasteiger partial charge in [-0.05, 0) is 123 Å². The first-order chi connectivity index (χ1) is 20.7. The molecule has 9 heteroatoms. The molecular formula is C34H37N3O6. The lowest BCUT2D eigenvalue weighted by Crippen LogP contribution is -2.61. The number of aromatic carboxylic acids is 1. The lowest BCUT2D eigenvalue weighted by atomic mass is 9.53. The summed E-state index contributed by atoms with van der Waals surface area (Å²) in [6.07, 6.45) is 7.18. The number of carboxylic acid groups (broad SMARTS) is 1. The zero-order chi connectivity index (χ0) is 30.0. The molecule has 1 unspecified atom stereocenters. The predicted octanol–water partition coefficient (Wildman–Crippen LogP) is 6.12. The van der Waals surface area contributed by atoms with Gasteiger partial charge in [0.2, 0.25) is 0 Å². The van der Waals surface area contributed by atoms with Gasteiger partial charge in [-0.25, -0.2) is 9.59 Å². The van der Waals surface area contributed by atoms with Gasteiger partial charge in [-0.2, -0.15) is 0 Å². The molecule has 4 saturated carbocycles. The fraction of sp³-hybridized carbons (Fsp3) is 0.382. The number of aromatic hydroxyl groups is 1. The van der Waals surface area contributed by atoms with Crippen LogP contribution in [0.15, 0.2) is 72.8 Å². The van der Waals surface area contributed by atoms with Crippen molar-refractivity contribution < 1.29 is 29.3 Å². The van der Waals surface area contributed by atoms with Crippen molar-refractivity contribution in [2.24, 2.45) is 17.8 Å². The van der Waals surface area contributed by atoms with E-state index in [0.717, 1.165) is 42.6 Å². The molecule has 1 atom stereocenters. The van der Waals surface area contributed by atoms with E-state index in [9.17, 15) is 24.6 Å². The van der Waals surface area contributed by atoms with Crippen LogP contribution in [0.25, 0.3) is 0 Å². The standard InChI is InChI=1S/C34H37N3O6/c38-28-9-7-27(8-10-28)36-31(39)25-5-11-29(12-6-25)43-30(24-1-3-26(4-2-24)32(40)41)13-14-35-33(42)37-34-18-21-15-22(19-34)17-23(16-21)20-34/h1-12,21-23,30,38H,13-20H2,(H,36,39)(H,40,41)(H2,35,37,42). The molecule has 224 valence electrons. The molecule has 4 fully saturated rings. The van der Waals surface area contributed by atoms with Crippen LogP contribution in [-0.2, 0) is 0 Å². The summed E-state index contributed by atoms with van der Waals surface area (Å²) in [7, 11) is 0. The Morgan fingerprint density at radius 3 is 1.98 bits per heavy atom. The maximum Gasteiger partial charge on any atom is 0.335 e. The largest absolute Gasteiger partial charge is 0.508 e. The first-order valence-electron chi connectivity index (χ1n) is 15.0. The van der Waals surface area contributed by atoms with Gasteiger partial charge in [0.25, 0.3) is 5.91 Å². The zero-order valence-electron chi connectivity index (χ0n) is 23.9. The minimum Gasteiger partial charge on any atom is -0.508 e. The van der Waals surface area contributed by atoms with Crippen molar-refractivity contribution in [1.29, 1.82) is 0 Å². The zero-order valence-corrected chi connectivity index (χ0v) is 23.9. The van der Waals surface area contributed by atoms with Crippen LogP contribution in [0.4, 0.5) is 10.5 Å². The van der Waals surface area contributed by atoms with Crippen molar-refractivity contribution >= 4 is 23.6 Å². The summed E-state index contributed by atoms with van der Waals surface area (Å²) >= 11 is 0. The molecule has 43 heavy (non-hydrogen) atoms. The molecule has 0 aromatic heterocycles. The van der Waals surface area contributed by atoms with E-state index >= 15 is 0 Å². The lowest BCUT2D eigenvalue weighted by Gasteiger charge is -2.56. The van der Waals surface area contributed by atoms with Gasteiger partial charge < -0.3 is 30.9 Å². The summed E-state index contributed by atoms with van der Waals surface area (Å²) in [6, 6.07) is 19.3. The molecular weight excluding hydrogens is 546 g/mol. The quantitative estimate of drug-likeness (QED) is 0.182.